The molecule has 3 rings (SSSR count). The van der Waals surface area contributed by atoms with Gasteiger partial charge in [-0.3, -0.25) is 0 Å². The van der Waals surface area contributed by atoms with Gasteiger partial charge in [0.2, 0.25) is 6.79 Å². The van der Waals surface area contributed by atoms with Gasteiger partial charge in [0.05, 0.1) is 6.10 Å². The zero-order chi connectivity index (χ0) is 13.2. The second-order valence-electron chi connectivity index (χ2n) is 5.05. The Kier molecular flexibility index (Phi) is 3.96. The Morgan fingerprint density at radius 2 is 2.11 bits per heavy atom. The molecule has 0 spiro atoms. The van der Waals surface area contributed by atoms with Crippen molar-refractivity contribution in [2.45, 2.75) is 38.0 Å². The highest BCUT2D eigenvalue weighted by Crippen LogP contribution is 2.37. The summed E-state index contributed by atoms with van der Waals surface area (Å²) >= 11 is 3.58. The molecule has 0 bridgehead atoms. The number of methoxy groups -OCH3 is 1. The van der Waals surface area contributed by atoms with Gasteiger partial charge in [-0.15, -0.1) is 0 Å². The predicted molar refractivity (Wildman–Crippen MR) is 75.5 cm³/mol. The highest BCUT2D eigenvalue weighted by Gasteiger charge is 2.24. The molecular weight excluding hydrogens is 310 g/mol. The molecule has 19 heavy (non-hydrogen) atoms. The second kappa shape index (κ2) is 5.69. The summed E-state index contributed by atoms with van der Waals surface area (Å²) in [5.74, 6) is 1.65. The third kappa shape index (κ3) is 2.88. The van der Waals surface area contributed by atoms with Crippen molar-refractivity contribution in [3.05, 3.63) is 22.2 Å². The van der Waals surface area contributed by atoms with Crippen molar-refractivity contribution in [2.75, 3.05) is 13.9 Å². The van der Waals surface area contributed by atoms with Crippen LogP contribution in [-0.4, -0.2) is 26.0 Å². The van der Waals surface area contributed by atoms with E-state index in [9.17, 15) is 0 Å². The molecule has 2 unspecified atom stereocenters. The number of nitrogens with one attached hydrogen (secondary N) is 1. The SMILES string of the molecule is COC1CCC(NCc2cc3c(cc2Br)OCO3)C1. The van der Waals surface area contributed by atoms with Crippen LogP contribution in [0.4, 0.5) is 0 Å². The van der Waals surface area contributed by atoms with Gasteiger partial charge in [0, 0.05) is 24.2 Å². The molecule has 1 fully saturated rings. The van der Waals surface area contributed by atoms with Crippen LogP contribution in [0.25, 0.3) is 0 Å². The van der Waals surface area contributed by atoms with Crippen molar-refractivity contribution < 1.29 is 14.2 Å². The van der Waals surface area contributed by atoms with E-state index in [1.54, 1.807) is 7.11 Å². The summed E-state index contributed by atoms with van der Waals surface area (Å²) in [6.07, 6.45) is 3.84. The maximum atomic E-state index is 5.41. The van der Waals surface area contributed by atoms with Crippen molar-refractivity contribution in [1.82, 2.24) is 5.32 Å². The quantitative estimate of drug-likeness (QED) is 0.923. The zero-order valence-corrected chi connectivity index (χ0v) is 12.5. The molecule has 1 N–H and O–H groups in total. The van der Waals surface area contributed by atoms with E-state index in [0.717, 1.165) is 35.4 Å². The molecule has 2 aliphatic rings. The number of ether oxygens (including phenoxy) is 3. The fourth-order valence-electron chi connectivity index (χ4n) is 2.69. The average Bonchev–Trinajstić information content (AvgIpc) is 3.03. The van der Waals surface area contributed by atoms with E-state index < -0.39 is 0 Å². The smallest absolute Gasteiger partial charge is 0.231 e. The monoisotopic (exact) mass is 327 g/mol. The Morgan fingerprint density at radius 3 is 2.84 bits per heavy atom. The lowest BCUT2D eigenvalue weighted by molar-refractivity contribution is 0.107. The normalized spacial score (nSPS) is 24.9. The molecule has 5 heteroatoms. The van der Waals surface area contributed by atoms with Gasteiger partial charge in [0.15, 0.2) is 11.5 Å². The minimum absolute atomic E-state index is 0.316. The van der Waals surface area contributed by atoms with Gasteiger partial charge >= 0.3 is 0 Å². The van der Waals surface area contributed by atoms with E-state index in [2.05, 4.69) is 21.2 Å². The molecule has 4 nitrogen and oxygen atoms in total. The van der Waals surface area contributed by atoms with E-state index in [1.165, 1.54) is 12.0 Å². The number of hydrogen-bond donors (Lipinski definition) is 1. The lowest BCUT2D eigenvalue weighted by Gasteiger charge is -2.14. The van der Waals surface area contributed by atoms with Gasteiger partial charge in [-0.05, 0) is 37.0 Å². The fourth-order valence-corrected chi connectivity index (χ4v) is 3.15. The first-order valence-electron chi connectivity index (χ1n) is 6.60. The Hall–Kier alpha value is -0.780. The number of benzene rings is 1. The molecule has 0 aromatic heterocycles. The highest BCUT2D eigenvalue weighted by molar-refractivity contribution is 9.10. The fraction of sp³-hybridized carbons (Fsp3) is 0.571. The van der Waals surface area contributed by atoms with Crippen LogP contribution in [0.1, 0.15) is 24.8 Å². The summed E-state index contributed by atoms with van der Waals surface area (Å²) in [6.45, 7) is 1.15. The van der Waals surface area contributed by atoms with E-state index >= 15 is 0 Å². The molecule has 0 radical (unpaired) electrons. The van der Waals surface area contributed by atoms with Crippen molar-refractivity contribution in [3.63, 3.8) is 0 Å². The summed E-state index contributed by atoms with van der Waals surface area (Å²) in [6, 6.07) is 4.57. The van der Waals surface area contributed by atoms with Gasteiger partial charge in [-0.1, -0.05) is 15.9 Å². The number of hydrogen-bond acceptors (Lipinski definition) is 4. The van der Waals surface area contributed by atoms with Crippen LogP contribution >= 0.6 is 15.9 Å². The summed E-state index contributed by atoms with van der Waals surface area (Å²) in [5, 5.41) is 3.59. The molecule has 2 atom stereocenters. The molecule has 1 aliphatic heterocycles. The molecule has 1 aromatic rings. The van der Waals surface area contributed by atoms with E-state index in [1.807, 2.05) is 12.1 Å². The summed E-state index contributed by atoms with van der Waals surface area (Å²) in [4.78, 5) is 0. The van der Waals surface area contributed by atoms with Crippen LogP contribution in [0.15, 0.2) is 16.6 Å². The summed E-state index contributed by atoms with van der Waals surface area (Å²) in [5.41, 5.74) is 1.20. The Labute approximate surface area is 121 Å². The Bertz CT molecular complexity index is 466. The van der Waals surface area contributed by atoms with Crippen molar-refractivity contribution in [1.29, 1.82) is 0 Å². The van der Waals surface area contributed by atoms with Crippen molar-refractivity contribution in [2.24, 2.45) is 0 Å². The molecule has 104 valence electrons. The zero-order valence-electron chi connectivity index (χ0n) is 10.9. The van der Waals surface area contributed by atoms with Crippen LogP contribution in [-0.2, 0) is 11.3 Å². The highest BCUT2D eigenvalue weighted by atomic mass is 79.9. The molecule has 0 amide bonds. The first-order chi connectivity index (χ1) is 9.26. The van der Waals surface area contributed by atoms with Gasteiger partial charge in [0.1, 0.15) is 0 Å². The topological polar surface area (TPSA) is 39.7 Å². The lowest BCUT2D eigenvalue weighted by atomic mass is 10.1. The summed E-state index contributed by atoms with van der Waals surface area (Å²) < 4.78 is 17.2. The lowest BCUT2D eigenvalue weighted by Crippen LogP contribution is -2.26. The standard InChI is InChI=1S/C14H18BrNO3/c1-17-11-3-2-10(5-11)16-7-9-4-13-14(6-12(9)15)19-8-18-13/h4,6,10-11,16H,2-3,5,7-8H2,1H3. The Morgan fingerprint density at radius 1 is 1.32 bits per heavy atom. The third-order valence-electron chi connectivity index (χ3n) is 3.84. The third-order valence-corrected chi connectivity index (χ3v) is 4.58. The van der Waals surface area contributed by atoms with Crippen LogP contribution < -0.4 is 14.8 Å². The largest absolute Gasteiger partial charge is 0.454 e. The van der Waals surface area contributed by atoms with Crippen molar-refractivity contribution >= 4 is 15.9 Å². The van der Waals surface area contributed by atoms with Crippen LogP contribution in [0, 0.1) is 0 Å². The Balaban J connectivity index is 1.61. The van der Waals surface area contributed by atoms with E-state index in [0.29, 0.717) is 18.9 Å². The van der Waals surface area contributed by atoms with E-state index in [-0.39, 0.29) is 0 Å². The first kappa shape index (κ1) is 13.2. The van der Waals surface area contributed by atoms with Gasteiger partial charge in [-0.2, -0.15) is 0 Å². The van der Waals surface area contributed by atoms with Crippen LogP contribution in [0.3, 0.4) is 0 Å². The molecule has 0 saturated heterocycles. The molecule has 1 aromatic carbocycles. The van der Waals surface area contributed by atoms with Crippen molar-refractivity contribution in [3.8, 4) is 11.5 Å². The van der Waals surface area contributed by atoms with Crippen LogP contribution in [0.2, 0.25) is 0 Å². The van der Waals surface area contributed by atoms with Gasteiger partial charge < -0.3 is 19.5 Å². The predicted octanol–water partition coefficient (Wildman–Crippen LogP) is 2.83. The first-order valence-corrected chi connectivity index (χ1v) is 7.40. The maximum absolute atomic E-state index is 5.41. The second-order valence-corrected chi connectivity index (χ2v) is 5.90. The number of halogens is 1. The average molecular weight is 328 g/mol. The van der Waals surface area contributed by atoms with Gasteiger partial charge in [0.25, 0.3) is 0 Å². The van der Waals surface area contributed by atoms with Gasteiger partial charge in [-0.25, -0.2) is 0 Å². The molecular formula is C14H18BrNO3. The molecule has 1 aliphatic carbocycles. The number of fused-ring (bicyclic) bond motifs is 1. The van der Waals surface area contributed by atoms with Crippen LogP contribution in [0.5, 0.6) is 11.5 Å². The molecule has 1 saturated carbocycles. The summed E-state index contributed by atoms with van der Waals surface area (Å²) in [7, 11) is 1.79. The minimum atomic E-state index is 0.316. The molecule has 1 heterocycles. The minimum Gasteiger partial charge on any atom is -0.454 e. The van der Waals surface area contributed by atoms with E-state index in [4.69, 9.17) is 14.2 Å². The number of rotatable bonds is 4. The maximum Gasteiger partial charge on any atom is 0.231 e.